The Kier molecular flexibility index (Phi) is 18.2. The van der Waals surface area contributed by atoms with Gasteiger partial charge in [-0.2, -0.15) is 0 Å². The Morgan fingerprint density at radius 3 is 1.15 bits per heavy atom. The van der Waals surface area contributed by atoms with Crippen molar-refractivity contribution < 1.29 is 57.2 Å². The molecule has 0 amide bonds. The van der Waals surface area contributed by atoms with Crippen LogP contribution in [-0.4, -0.2) is 87.3 Å². The number of aliphatic carboxylic acids is 2. The van der Waals surface area contributed by atoms with Gasteiger partial charge in [-0.3, -0.25) is 19.2 Å². The van der Waals surface area contributed by atoms with Crippen LogP contribution in [0, 0.1) is 10.8 Å². The topological polar surface area (TPSA) is 164 Å². The van der Waals surface area contributed by atoms with Gasteiger partial charge in [0.15, 0.2) is 16.6 Å². The van der Waals surface area contributed by atoms with Crippen LogP contribution in [0.3, 0.4) is 0 Å². The van der Waals surface area contributed by atoms with Crippen molar-refractivity contribution in [1.82, 2.24) is 0 Å². The first-order valence-electron chi connectivity index (χ1n) is 23.6. The second kappa shape index (κ2) is 21.3. The number of esters is 2. The number of aryl methyl sites for hydroxylation is 2. The molecule has 66 heavy (non-hydrogen) atoms. The first-order valence-corrected chi connectivity index (χ1v) is 29.4. The van der Waals surface area contributed by atoms with Gasteiger partial charge in [0, 0.05) is 26.1 Å². The first kappa shape index (κ1) is 56.6. The summed E-state index contributed by atoms with van der Waals surface area (Å²) in [7, 11) is -4.12. The van der Waals surface area contributed by atoms with Crippen LogP contribution in [0.1, 0.15) is 145 Å². The third kappa shape index (κ3) is 16.8. The molecular weight excluding hydrogens is 873 g/mol. The van der Waals surface area contributed by atoms with E-state index in [0.29, 0.717) is 12.8 Å². The lowest BCUT2D eigenvalue weighted by Gasteiger charge is -2.40. The number of benzene rings is 2. The smallest absolute Gasteiger partial charge is 0.311 e. The highest BCUT2D eigenvalue weighted by molar-refractivity contribution is 6.74. The normalized spacial score (nSPS) is 18.6. The van der Waals surface area contributed by atoms with Crippen LogP contribution in [0.5, 0.6) is 11.5 Å². The summed E-state index contributed by atoms with van der Waals surface area (Å²) in [6.45, 7) is 36.4. The van der Waals surface area contributed by atoms with Crippen LogP contribution in [0.25, 0.3) is 0 Å². The predicted octanol–water partition coefficient (Wildman–Crippen LogP) is 11.5. The molecule has 372 valence electrons. The third-order valence-corrected chi connectivity index (χ3v) is 22.3. The zero-order valence-corrected chi connectivity index (χ0v) is 45.7. The van der Waals surface area contributed by atoms with Crippen LogP contribution in [0.4, 0.5) is 0 Å². The Morgan fingerprint density at radius 2 is 0.879 bits per heavy atom. The van der Waals surface area contributed by atoms with Crippen molar-refractivity contribution in [3.63, 3.8) is 0 Å². The molecule has 2 aromatic rings. The zero-order valence-electron chi connectivity index (χ0n) is 43.7. The Labute approximate surface area is 398 Å². The molecule has 4 atom stereocenters. The zero-order chi connectivity index (χ0) is 50.5. The van der Waals surface area contributed by atoms with Gasteiger partial charge in [0.1, 0.15) is 34.9 Å². The maximum Gasteiger partial charge on any atom is 0.311 e. The first-order chi connectivity index (χ1) is 29.8. The van der Waals surface area contributed by atoms with Gasteiger partial charge in [0.2, 0.25) is 0 Å². The number of fused-ring (bicyclic) bond motifs is 2. The van der Waals surface area contributed by atoms with Crippen molar-refractivity contribution >= 4 is 40.5 Å². The molecule has 0 aliphatic carbocycles. The van der Waals surface area contributed by atoms with E-state index >= 15 is 0 Å². The number of rotatable bonds is 16. The largest absolute Gasteiger partial charge is 0.490 e. The lowest BCUT2D eigenvalue weighted by molar-refractivity contribution is -0.155. The molecule has 0 spiro atoms. The van der Waals surface area contributed by atoms with Crippen molar-refractivity contribution in [2.45, 2.75) is 208 Å². The Balaban J connectivity index is 0.000000350. The van der Waals surface area contributed by atoms with E-state index in [0.717, 1.165) is 59.4 Å². The van der Waals surface area contributed by atoms with E-state index in [1.54, 1.807) is 13.8 Å². The average molecular weight is 957 g/mol. The molecule has 12 nitrogen and oxygen atoms in total. The highest BCUT2D eigenvalue weighted by Crippen LogP contribution is 2.42. The molecule has 2 N–H and O–H groups in total. The molecule has 0 aromatic heterocycles. The summed E-state index contributed by atoms with van der Waals surface area (Å²) in [6, 6.07) is 11.5. The maximum atomic E-state index is 12.2. The summed E-state index contributed by atoms with van der Waals surface area (Å²) >= 11 is 0. The minimum Gasteiger partial charge on any atom is -0.490 e. The summed E-state index contributed by atoms with van der Waals surface area (Å²) in [5.74, 6) is -0.701. The molecule has 4 rings (SSSR count). The molecule has 2 aliphatic heterocycles. The second-order valence-electron chi connectivity index (χ2n) is 24.2. The molecule has 0 saturated carbocycles. The molecule has 0 fully saturated rings. The highest BCUT2D eigenvalue weighted by Gasteiger charge is 2.45. The van der Waals surface area contributed by atoms with E-state index in [-0.39, 0.29) is 60.3 Å². The van der Waals surface area contributed by atoms with Crippen molar-refractivity contribution in [1.29, 1.82) is 0 Å². The fourth-order valence-electron chi connectivity index (χ4n) is 7.13. The molecule has 2 heterocycles. The average Bonchev–Trinajstić information content (AvgIpc) is 3.14. The van der Waals surface area contributed by atoms with Crippen LogP contribution in [0.2, 0.25) is 36.3 Å². The van der Waals surface area contributed by atoms with E-state index < -0.39 is 50.6 Å². The Bertz CT molecular complexity index is 1870. The van der Waals surface area contributed by atoms with E-state index in [2.05, 4.69) is 67.7 Å². The molecule has 0 bridgehead atoms. The van der Waals surface area contributed by atoms with Gasteiger partial charge < -0.3 is 38.0 Å². The number of ether oxygens (including phenoxy) is 4. The van der Waals surface area contributed by atoms with E-state index in [9.17, 15) is 29.4 Å². The Hall–Kier alpha value is -3.73. The second-order valence-corrected chi connectivity index (χ2v) is 33.8. The number of carbonyl (C=O) groups is 4. The number of carboxylic acids is 2. The quantitative estimate of drug-likeness (QED) is 0.121. The minimum absolute atomic E-state index is 0.0176. The summed E-state index contributed by atoms with van der Waals surface area (Å²) in [6.07, 6.45) is 3.83. The molecular formula is C52H84O12Si2. The molecule has 0 radical (unpaired) electrons. The van der Waals surface area contributed by atoms with Crippen LogP contribution >= 0.6 is 0 Å². The number of carboxylic acid groups (broad SMARTS) is 2. The minimum atomic E-state index is -2.06. The number of hydrogen-bond acceptors (Lipinski definition) is 10. The lowest BCUT2D eigenvalue weighted by Crippen LogP contribution is -2.46. The van der Waals surface area contributed by atoms with Gasteiger partial charge >= 0.3 is 23.9 Å². The monoisotopic (exact) mass is 957 g/mol. The molecule has 0 saturated heterocycles. The van der Waals surface area contributed by atoms with Crippen molar-refractivity contribution in [3.05, 3.63) is 58.7 Å². The van der Waals surface area contributed by atoms with Crippen molar-refractivity contribution in [2.24, 2.45) is 10.8 Å². The Morgan fingerprint density at radius 1 is 0.561 bits per heavy atom. The van der Waals surface area contributed by atoms with E-state index in [1.807, 2.05) is 77.9 Å². The number of hydrogen-bond donors (Lipinski definition) is 2. The molecule has 2 aromatic carbocycles. The lowest BCUT2D eigenvalue weighted by atomic mass is 9.83. The maximum absolute atomic E-state index is 12.2. The SMILES string of the molecule is CC(C)(C)OC(=O)Cc1ccc2c(c1)CC[C@H](C[C@@](C)(CO[Si](C)(C)C(C)(C)C)C(=O)O)O2.CC(C)(C)OC(=O)Cc1ccc2c(c1)CC[C@H](C[C@](C)(CO[Si](C)(C)C(C)(C)C)C(=O)O)O2. The van der Waals surface area contributed by atoms with Gasteiger partial charge in [0.05, 0.1) is 23.7 Å². The van der Waals surface area contributed by atoms with Gasteiger partial charge in [0.25, 0.3) is 0 Å². The van der Waals surface area contributed by atoms with Crippen molar-refractivity contribution in [2.75, 3.05) is 13.2 Å². The summed E-state index contributed by atoms with van der Waals surface area (Å²) in [5, 5.41) is 20.0. The highest BCUT2D eigenvalue weighted by atomic mass is 28.4. The molecule has 2 aliphatic rings. The third-order valence-electron chi connectivity index (χ3n) is 13.3. The van der Waals surface area contributed by atoms with Crippen LogP contribution < -0.4 is 9.47 Å². The van der Waals surface area contributed by atoms with Gasteiger partial charge in [-0.1, -0.05) is 65.8 Å². The van der Waals surface area contributed by atoms with Crippen LogP contribution in [-0.2, 0) is 63.2 Å². The fourth-order valence-corrected chi connectivity index (χ4v) is 9.35. The van der Waals surface area contributed by atoms with Gasteiger partial charge in [-0.05, 0) is 152 Å². The summed E-state index contributed by atoms with van der Waals surface area (Å²) in [4.78, 5) is 48.7. The summed E-state index contributed by atoms with van der Waals surface area (Å²) < 4.78 is 35.8. The fraction of sp³-hybridized carbons (Fsp3) is 0.692. The standard InChI is InChI=1S/2C26H42O6Si/c2*1-24(2,3)32-22(27)15-18-10-13-21-19(14-18)11-12-20(31-21)16-26(7,23(28)29)17-30-33(8,9)25(4,5)6/h2*10,13-14,20H,11-12,15-17H2,1-9H3,(H,28,29)/t20-,26+;20-,26-/m11/s1. The number of carbonyl (C=O) groups excluding carboxylic acids is 2. The van der Waals surface area contributed by atoms with Crippen LogP contribution in [0.15, 0.2) is 36.4 Å². The van der Waals surface area contributed by atoms with Gasteiger partial charge in [-0.15, -0.1) is 0 Å². The predicted molar refractivity (Wildman–Crippen MR) is 264 cm³/mol. The van der Waals surface area contributed by atoms with Crippen molar-refractivity contribution in [3.8, 4) is 11.5 Å². The summed E-state index contributed by atoms with van der Waals surface area (Å²) in [5.41, 5.74) is 0.817. The van der Waals surface area contributed by atoms with E-state index in [4.69, 9.17) is 27.8 Å². The van der Waals surface area contributed by atoms with Gasteiger partial charge in [-0.25, -0.2) is 0 Å². The molecule has 14 heteroatoms. The van der Waals surface area contributed by atoms with E-state index in [1.165, 1.54) is 0 Å². The molecule has 0 unspecified atom stereocenters.